The molecule has 0 spiro atoms. The van der Waals surface area contributed by atoms with Crippen LogP contribution in [0.4, 0.5) is 0 Å². The van der Waals surface area contributed by atoms with Gasteiger partial charge in [0.25, 0.3) is 5.91 Å². The number of nitrogens with one attached hydrogen (secondary N) is 1. The largest absolute Gasteiger partial charge is 0.387 e. The third kappa shape index (κ3) is 3.45. The molecule has 2 aromatic heterocycles. The molecule has 120 valence electrons. The van der Waals surface area contributed by atoms with Crippen LogP contribution < -0.4 is 0 Å². The number of carbonyl (C=O) groups excluding carboxylic acids is 1. The van der Waals surface area contributed by atoms with Gasteiger partial charge in [0.05, 0.1) is 25.4 Å². The van der Waals surface area contributed by atoms with E-state index >= 15 is 0 Å². The van der Waals surface area contributed by atoms with Crippen molar-refractivity contribution in [1.29, 1.82) is 5.26 Å². The molecule has 0 aromatic carbocycles. The number of morpholine rings is 1. The van der Waals surface area contributed by atoms with Crippen LogP contribution in [0.25, 0.3) is 0 Å². The molecule has 0 radical (unpaired) electrons. The molecule has 2 unspecified atom stereocenters. The highest BCUT2D eigenvalue weighted by Gasteiger charge is 2.31. The lowest BCUT2D eigenvalue weighted by Gasteiger charge is -2.36. The molecular weight excluding hydrogens is 314 g/mol. The van der Waals surface area contributed by atoms with Crippen molar-refractivity contribution in [2.75, 3.05) is 19.8 Å². The van der Waals surface area contributed by atoms with Crippen molar-refractivity contribution in [2.45, 2.75) is 18.6 Å². The van der Waals surface area contributed by atoms with Crippen LogP contribution in [0, 0.1) is 11.3 Å². The van der Waals surface area contributed by atoms with E-state index < -0.39 is 6.10 Å². The van der Waals surface area contributed by atoms with E-state index in [0.717, 1.165) is 4.88 Å². The molecule has 2 N–H and O–H groups in total. The number of H-pyrrole nitrogens is 1. The summed E-state index contributed by atoms with van der Waals surface area (Å²) in [6, 6.07) is 8.76. The molecule has 23 heavy (non-hydrogen) atoms. The predicted octanol–water partition coefficient (Wildman–Crippen LogP) is 1.91. The number of aliphatic hydroxyl groups is 1. The van der Waals surface area contributed by atoms with E-state index in [0.29, 0.717) is 37.6 Å². The number of carbonyl (C=O) groups is 1. The van der Waals surface area contributed by atoms with Crippen LogP contribution in [-0.2, 0) is 4.74 Å². The monoisotopic (exact) mass is 331 g/mol. The number of rotatable bonds is 4. The quantitative estimate of drug-likeness (QED) is 0.895. The molecule has 1 fully saturated rings. The Morgan fingerprint density at radius 2 is 2.43 bits per heavy atom. The number of amides is 1. The van der Waals surface area contributed by atoms with Crippen LogP contribution in [0.15, 0.2) is 29.6 Å². The zero-order chi connectivity index (χ0) is 16.2. The van der Waals surface area contributed by atoms with Gasteiger partial charge in [-0.2, -0.15) is 5.26 Å². The Labute approximate surface area is 137 Å². The van der Waals surface area contributed by atoms with Crippen molar-refractivity contribution >= 4 is 17.2 Å². The van der Waals surface area contributed by atoms with Crippen molar-refractivity contribution in [3.8, 4) is 6.07 Å². The van der Waals surface area contributed by atoms with E-state index in [1.54, 1.807) is 17.0 Å². The summed E-state index contributed by atoms with van der Waals surface area (Å²) in [4.78, 5) is 18.1. The minimum absolute atomic E-state index is 0.168. The molecular formula is C16H17N3O3S. The summed E-state index contributed by atoms with van der Waals surface area (Å²) in [5.41, 5.74) is 0.746. The summed E-state index contributed by atoms with van der Waals surface area (Å²) in [6.07, 6.45) is -0.187. The number of nitriles is 1. The number of aromatic amines is 1. The van der Waals surface area contributed by atoms with Crippen LogP contribution in [-0.4, -0.2) is 46.7 Å². The summed E-state index contributed by atoms with van der Waals surface area (Å²) >= 11 is 1.50. The summed E-state index contributed by atoms with van der Waals surface area (Å²) in [6.45, 7) is 1.35. The van der Waals surface area contributed by atoms with Gasteiger partial charge in [-0.15, -0.1) is 11.3 Å². The molecule has 7 heteroatoms. The molecule has 0 bridgehead atoms. The summed E-state index contributed by atoms with van der Waals surface area (Å²) in [7, 11) is 0. The summed E-state index contributed by atoms with van der Waals surface area (Å²) in [5, 5.41) is 21.1. The van der Waals surface area contributed by atoms with Crippen molar-refractivity contribution in [2.24, 2.45) is 0 Å². The lowest BCUT2D eigenvalue weighted by molar-refractivity contribution is -0.0172. The third-order valence-corrected chi connectivity index (χ3v) is 4.87. The van der Waals surface area contributed by atoms with Crippen LogP contribution in [0.5, 0.6) is 0 Å². The second-order valence-electron chi connectivity index (χ2n) is 5.39. The molecule has 1 aliphatic heterocycles. The first-order valence-electron chi connectivity index (χ1n) is 7.38. The minimum Gasteiger partial charge on any atom is -0.387 e. The maximum absolute atomic E-state index is 12.7. The number of thiophene rings is 1. The zero-order valence-corrected chi connectivity index (χ0v) is 13.3. The number of hydrogen-bond donors (Lipinski definition) is 2. The SMILES string of the molecule is N#Cc1ccc(C(=O)N2CCOCC2CC(O)c2cccs2)[nH]1. The van der Waals surface area contributed by atoms with Crippen molar-refractivity contribution in [3.63, 3.8) is 0 Å². The average Bonchev–Trinajstić information content (AvgIpc) is 3.26. The first-order chi connectivity index (χ1) is 11.2. The molecule has 1 aliphatic rings. The standard InChI is InChI=1S/C16H17N3O3S/c17-9-11-3-4-13(18-11)16(21)19-5-6-22-10-12(19)8-14(20)15-2-1-7-23-15/h1-4,7,12,14,18,20H,5-6,8,10H2. The normalized spacial score (nSPS) is 19.3. The van der Waals surface area contributed by atoms with Gasteiger partial charge in [-0.1, -0.05) is 6.07 Å². The summed E-state index contributed by atoms with van der Waals surface area (Å²) in [5.74, 6) is -0.168. The van der Waals surface area contributed by atoms with E-state index in [2.05, 4.69) is 4.98 Å². The Hall–Kier alpha value is -2.14. The first kappa shape index (κ1) is 15.7. The van der Waals surface area contributed by atoms with Crippen LogP contribution >= 0.6 is 11.3 Å². The molecule has 2 atom stereocenters. The van der Waals surface area contributed by atoms with Crippen LogP contribution in [0.1, 0.15) is 33.6 Å². The van der Waals surface area contributed by atoms with Gasteiger partial charge < -0.3 is 19.7 Å². The van der Waals surface area contributed by atoms with Crippen LogP contribution in [0.3, 0.4) is 0 Å². The second kappa shape index (κ2) is 6.96. The fourth-order valence-electron chi connectivity index (χ4n) is 2.71. The molecule has 0 aliphatic carbocycles. The predicted molar refractivity (Wildman–Crippen MR) is 85.0 cm³/mol. The fraction of sp³-hybridized carbons (Fsp3) is 0.375. The highest BCUT2D eigenvalue weighted by molar-refractivity contribution is 7.10. The van der Waals surface area contributed by atoms with Gasteiger partial charge in [-0.05, 0) is 23.6 Å². The Morgan fingerprint density at radius 3 is 3.13 bits per heavy atom. The minimum atomic E-state index is -0.615. The lowest BCUT2D eigenvalue weighted by Crippen LogP contribution is -2.49. The van der Waals surface area contributed by atoms with Crippen LogP contribution in [0.2, 0.25) is 0 Å². The van der Waals surface area contributed by atoms with E-state index in [4.69, 9.17) is 10.00 Å². The smallest absolute Gasteiger partial charge is 0.270 e. The first-order valence-corrected chi connectivity index (χ1v) is 8.26. The summed E-state index contributed by atoms with van der Waals surface area (Å²) < 4.78 is 5.48. The van der Waals surface area contributed by atoms with Gasteiger partial charge >= 0.3 is 0 Å². The number of aliphatic hydroxyl groups excluding tert-OH is 1. The number of aromatic nitrogens is 1. The highest BCUT2D eigenvalue weighted by atomic mass is 32.1. The third-order valence-electron chi connectivity index (χ3n) is 3.89. The van der Waals surface area contributed by atoms with Gasteiger partial charge in [0, 0.05) is 17.8 Å². The maximum Gasteiger partial charge on any atom is 0.270 e. The Morgan fingerprint density at radius 1 is 1.57 bits per heavy atom. The zero-order valence-electron chi connectivity index (χ0n) is 12.4. The Kier molecular flexibility index (Phi) is 4.76. The highest BCUT2D eigenvalue weighted by Crippen LogP contribution is 2.26. The molecule has 2 aromatic rings. The lowest BCUT2D eigenvalue weighted by atomic mass is 10.1. The topological polar surface area (TPSA) is 89.3 Å². The average molecular weight is 331 g/mol. The Balaban J connectivity index is 1.73. The maximum atomic E-state index is 12.7. The fourth-order valence-corrected chi connectivity index (χ4v) is 3.44. The van der Waals surface area contributed by atoms with Crippen molar-refractivity contribution < 1.29 is 14.6 Å². The van der Waals surface area contributed by atoms with Crippen molar-refractivity contribution in [3.05, 3.63) is 45.9 Å². The van der Waals surface area contributed by atoms with Gasteiger partial charge in [-0.25, -0.2) is 0 Å². The van der Waals surface area contributed by atoms with E-state index in [-0.39, 0.29) is 11.9 Å². The molecule has 3 rings (SSSR count). The van der Waals surface area contributed by atoms with E-state index in [9.17, 15) is 9.90 Å². The number of hydrogen-bond acceptors (Lipinski definition) is 5. The molecule has 3 heterocycles. The van der Waals surface area contributed by atoms with Gasteiger partial charge in [0.1, 0.15) is 17.5 Å². The molecule has 0 saturated carbocycles. The second-order valence-corrected chi connectivity index (χ2v) is 6.37. The number of ether oxygens (including phenoxy) is 1. The molecule has 1 saturated heterocycles. The van der Waals surface area contributed by atoms with E-state index in [1.807, 2.05) is 23.6 Å². The van der Waals surface area contributed by atoms with E-state index in [1.165, 1.54) is 11.3 Å². The van der Waals surface area contributed by atoms with Gasteiger partial charge in [-0.3, -0.25) is 4.79 Å². The molecule has 6 nitrogen and oxygen atoms in total. The number of nitrogens with zero attached hydrogens (tertiary/aromatic N) is 2. The Bertz CT molecular complexity index is 704. The molecule has 1 amide bonds. The van der Waals surface area contributed by atoms with Gasteiger partial charge in [0.2, 0.25) is 0 Å². The van der Waals surface area contributed by atoms with Gasteiger partial charge in [0.15, 0.2) is 0 Å². The van der Waals surface area contributed by atoms with Crippen molar-refractivity contribution in [1.82, 2.24) is 9.88 Å².